The lowest BCUT2D eigenvalue weighted by Crippen LogP contribution is -2.46. The van der Waals surface area contributed by atoms with Crippen molar-refractivity contribution in [3.63, 3.8) is 0 Å². The zero-order chi connectivity index (χ0) is 25.6. The van der Waals surface area contributed by atoms with Gasteiger partial charge in [0.05, 0.1) is 19.5 Å². The number of hydrogen-bond donors (Lipinski definition) is 1. The van der Waals surface area contributed by atoms with E-state index in [9.17, 15) is 9.59 Å². The maximum absolute atomic E-state index is 14.0. The van der Waals surface area contributed by atoms with Crippen LogP contribution >= 0.6 is 0 Å². The van der Waals surface area contributed by atoms with Crippen LogP contribution in [-0.4, -0.2) is 44.2 Å². The molecule has 0 bridgehead atoms. The van der Waals surface area contributed by atoms with Gasteiger partial charge in [-0.15, -0.1) is 0 Å². The van der Waals surface area contributed by atoms with Gasteiger partial charge in [0, 0.05) is 30.5 Å². The molecule has 1 saturated heterocycles. The second kappa shape index (κ2) is 11.6. The quantitative estimate of drug-likeness (QED) is 0.463. The first-order valence-electron chi connectivity index (χ1n) is 13.3. The number of amides is 2. The van der Waals surface area contributed by atoms with Gasteiger partial charge in [-0.2, -0.15) is 0 Å². The number of hydrogen-bond acceptors (Lipinski definition) is 5. The number of morpholine rings is 1. The molecule has 194 valence electrons. The lowest BCUT2D eigenvalue weighted by molar-refractivity contribution is -0.123. The molecule has 1 aliphatic carbocycles. The zero-order valence-corrected chi connectivity index (χ0v) is 21.4. The average molecular weight is 502 g/mol. The lowest BCUT2D eigenvalue weighted by atomic mass is 9.99. The van der Waals surface area contributed by atoms with Crippen LogP contribution in [0.25, 0.3) is 0 Å². The molecule has 2 amide bonds. The Morgan fingerprint density at radius 3 is 2.41 bits per heavy atom. The highest BCUT2D eigenvalue weighted by Gasteiger charge is 2.36. The fraction of sp³-hybridized carbons (Fsp3) is 0.400. The summed E-state index contributed by atoms with van der Waals surface area (Å²) in [5, 5.41) is 3.25. The van der Waals surface area contributed by atoms with Gasteiger partial charge in [-0.3, -0.25) is 14.5 Å². The molecule has 0 radical (unpaired) electrons. The predicted octanol–water partition coefficient (Wildman–Crippen LogP) is 5.13. The van der Waals surface area contributed by atoms with Gasteiger partial charge >= 0.3 is 0 Å². The predicted molar refractivity (Wildman–Crippen MR) is 144 cm³/mol. The summed E-state index contributed by atoms with van der Waals surface area (Å²) in [7, 11) is 0. The SMILES string of the molecule is CCc1ccccc1N(C(=O)c1ccco1)[C@@H](C(=O)NC1CCCC1)c1ccc(N2CCOCC2)cc1. The highest BCUT2D eigenvalue weighted by atomic mass is 16.5. The number of aryl methyl sites for hydroxylation is 1. The number of anilines is 2. The number of ether oxygens (including phenoxy) is 1. The molecule has 1 aromatic heterocycles. The molecule has 3 aromatic rings. The molecule has 0 unspecified atom stereocenters. The molecule has 1 saturated carbocycles. The van der Waals surface area contributed by atoms with Gasteiger partial charge in [0.2, 0.25) is 5.91 Å². The number of rotatable bonds is 8. The van der Waals surface area contributed by atoms with Crippen LogP contribution in [0, 0.1) is 0 Å². The van der Waals surface area contributed by atoms with Gasteiger partial charge in [0.25, 0.3) is 5.91 Å². The Labute approximate surface area is 218 Å². The van der Waals surface area contributed by atoms with Crippen molar-refractivity contribution in [2.75, 3.05) is 36.1 Å². The Hall–Kier alpha value is -3.58. The van der Waals surface area contributed by atoms with Crippen LogP contribution in [0.5, 0.6) is 0 Å². The molecular weight excluding hydrogens is 466 g/mol. The normalized spacial score (nSPS) is 16.9. The first kappa shape index (κ1) is 25.1. The van der Waals surface area contributed by atoms with Crippen LogP contribution in [-0.2, 0) is 16.0 Å². The standard InChI is InChI=1S/C30H35N3O4/c1-2-22-8-3-6-11-26(22)33(30(35)27-12-7-19-37-27)28(29(34)31-24-9-4-5-10-24)23-13-15-25(16-14-23)32-17-20-36-21-18-32/h3,6-8,11-16,19,24,28H,2,4-5,9-10,17-18,20-21H2,1H3,(H,31,34)/t28-/m1/s1. The summed E-state index contributed by atoms with van der Waals surface area (Å²) in [5.74, 6) is -0.305. The van der Waals surface area contributed by atoms with E-state index in [2.05, 4.69) is 17.1 Å². The second-order valence-corrected chi connectivity index (χ2v) is 9.72. The van der Waals surface area contributed by atoms with E-state index in [0.29, 0.717) is 13.2 Å². The number of furan rings is 1. The smallest absolute Gasteiger partial charge is 0.294 e. The minimum absolute atomic E-state index is 0.129. The molecule has 7 heteroatoms. The summed E-state index contributed by atoms with van der Waals surface area (Å²) < 4.78 is 11.0. The maximum atomic E-state index is 14.0. The first-order valence-corrected chi connectivity index (χ1v) is 13.3. The summed E-state index contributed by atoms with van der Waals surface area (Å²) >= 11 is 0. The number of nitrogens with one attached hydrogen (secondary N) is 1. The molecule has 0 spiro atoms. The van der Waals surface area contributed by atoms with Gasteiger partial charge in [0.1, 0.15) is 6.04 Å². The highest BCUT2D eigenvalue weighted by molar-refractivity contribution is 6.09. The third kappa shape index (κ3) is 5.57. The molecule has 2 aromatic carbocycles. The van der Waals surface area contributed by atoms with Crippen molar-refractivity contribution in [2.45, 2.75) is 51.1 Å². The van der Waals surface area contributed by atoms with Crippen molar-refractivity contribution in [3.05, 3.63) is 83.8 Å². The van der Waals surface area contributed by atoms with Crippen molar-refractivity contribution < 1.29 is 18.7 Å². The number of carbonyl (C=O) groups excluding carboxylic acids is 2. The van der Waals surface area contributed by atoms with Crippen LogP contribution in [0.2, 0.25) is 0 Å². The summed E-state index contributed by atoms with van der Waals surface area (Å²) in [5.41, 5.74) is 3.56. The van der Waals surface area contributed by atoms with E-state index in [-0.39, 0.29) is 23.6 Å². The Morgan fingerprint density at radius 1 is 1.00 bits per heavy atom. The van der Waals surface area contributed by atoms with E-state index in [1.54, 1.807) is 17.0 Å². The van der Waals surface area contributed by atoms with Gasteiger partial charge < -0.3 is 19.4 Å². The van der Waals surface area contributed by atoms with E-state index < -0.39 is 6.04 Å². The van der Waals surface area contributed by atoms with E-state index in [4.69, 9.17) is 9.15 Å². The topological polar surface area (TPSA) is 75.0 Å². The second-order valence-electron chi connectivity index (χ2n) is 9.72. The Balaban J connectivity index is 1.57. The molecule has 1 N–H and O–H groups in total. The van der Waals surface area contributed by atoms with Crippen LogP contribution in [0.15, 0.2) is 71.3 Å². The average Bonchev–Trinajstić information content (AvgIpc) is 3.67. The van der Waals surface area contributed by atoms with Crippen molar-refractivity contribution in [2.24, 2.45) is 0 Å². The first-order chi connectivity index (χ1) is 18.2. The fourth-order valence-electron chi connectivity index (χ4n) is 5.39. The van der Waals surface area contributed by atoms with Crippen LogP contribution in [0.1, 0.15) is 60.3 Å². The zero-order valence-electron chi connectivity index (χ0n) is 21.4. The number of benzene rings is 2. The summed E-state index contributed by atoms with van der Waals surface area (Å²) in [6, 6.07) is 18.4. The fourth-order valence-corrected chi connectivity index (χ4v) is 5.39. The number of carbonyl (C=O) groups is 2. The van der Waals surface area contributed by atoms with E-state index in [1.807, 2.05) is 48.5 Å². The monoisotopic (exact) mass is 501 g/mol. The van der Waals surface area contributed by atoms with Gasteiger partial charge in [-0.05, 0) is 60.7 Å². The van der Waals surface area contributed by atoms with Gasteiger partial charge in [-0.25, -0.2) is 0 Å². The maximum Gasteiger partial charge on any atom is 0.294 e. The third-order valence-electron chi connectivity index (χ3n) is 7.38. The Morgan fingerprint density at radius 2 is 1.73 bits per heavy atom. The van der Waals surface area contributed by atoms with Crippen LogP contribution in [0.4, 0.5) is 11.4 Å². The Kier molecular flexibility index (Phi) is 7.90. The molecule has 2 aliphatic rings. The van der Waals surface area contributed by atoms with Crippen LogP contribution in [0.3, 0.4) is 0 Å². The molecule has 2 fully saturated rings. The van der Waals surface area contributed by atoms with E-state index >= 15 is 0 Å². The minimum atomic E-state index is -0.843. The summed E-state index contributed by atoms with van der Waals surface area (Å²) in [6.45, 7) is 5.12. The molecule has 1 atom stereocenters. The summed E-state index contributed by atoms with van der Waals surface area (Å²) in [4.78, 5) is 31.9. The third-order valence-corrected chi connectivity index (χ3v) is 7.38. The molecule has 5 rings (SSSR count). The highest BCUT2D eigenvalue weighted by Crippen LogP contribution is 2.34. The van der Waals surface area contributed by atoms with E-state index in [1.165, 1.54) is 6.26 Å². The van der Waals surface area contributed by atoms with Crippen molar-refractivity contribution in [1.82, 2.24) is 5.32 Å². The van der Waals surface area contributed by atoms with Crippen molar-refractivity contribution in [1.29, 1.82) is 0 Å². The molecule has 1 aliphatic heterocycles. The van der Waals surface area contributed by atoms with E-state index in [0.717, 1.165) is 67.7 Å². The largest absolute Gasteiger partial charge is 0.459 e. The molecule has 37 heavy (non-hydrogen) atoms. The van der Waals surface area contributed by atoms with Gasteiger partial charge in [0.15, 0.2) is 5.76 Å². The van der Waals surface area contributed by atoms with Crippen LogP contribution < -0.4 is 15.1 Å². The van der Waals surface area contributed by atoms with Crippen molar-refractivity contribution >= 4 is 23.2 Å². The molecule has 7 nitrogen and oxygen atoms in total. The lowest BCUT2D eigenvalue weighted by Gasteiger charge is -2.33. The molecular formula is C30H35N3O4. The minimum Gasteiger partial charge on any atom is -0.459 e. The van der Waals surface area contributed by atoms with Crippen molar-refractivity contribution in [3.8, 4) is 0 Å². The number of para-hydroxylation sites is 1. The number of nitrogens with zero attached hydrogens (tertiary/aromatic N) is 2. The molecule has 2 heterocycles. The van der Waals surface area contributed by atoms with Gasteiger partial charge in [-0.1, -0.05) is 50.1 Å². The Bertz CT molecular complexity index is 1180. The summed E-state index contributed by atoms with van der Waals surface area (Å²) in [6.07, 6.45) is 6.36.